The molecular formula is C27H38N2O5S. The lowest BCUT2D eigenvalue weighted by Crippen LogP contribution is -2.45. The van der Waals surface area contributed by atoms with Crippen molar-refractivity contribution in [2.24, 2.45) is 5.41 Å². The van der Waals surface area contributed by atoms with Gasteiger partial charge in [-0.05, 0) is 55.7 Å². The van der Waals surface area contributed by atoms with Crippen LogP contribution in [0.5, 0.6) is 0 Å². The van der Waals surface area contributed by atoms with E-state index in [1.54, 1.807) is 6.07 Å². The number of carbonyl (C=O) groups is 1. The first-order valence-electron chi connectivity index (χ1n) is 12.3. The molecule has 0 amide bonds. The van der Waals surface area contributed by atoms with Crippen molar-refractivity contribution in [2.45, 2.75) is 85.2 Å². The van der Waals surface area contributed by atoms with Crippen LogP contribution in [0.4, 0.5) is 5.69 Å². The number of hydrogen-bond donors (Lipinski definition) is 1. The van der Waals surface area contributed by atoms with Crippen molar-refractivity contribution < 1.29 is 18.3 Å². The molecule has 1 heterocycles. The van der Waals surface area contributed by atoms with Gasteiger partial charge in [-0.1, -0.05) is 69.9 Å². The van der Waals surface area contributed by atoms with Gasteiger partial charge in [0.15, 0.2) is 0 Å². The van der Waals surface area contributed by atoms with E-state index in [1.807, 2.05) is 58.9 Å². The predicted octanol–water partition coefficient (Wildman–Crippen LogP) is 5.29. The molecule has 0 radical (unpaired) electrons. The normalized spacial score (nSPS) is 16.2. The summed E-state index contributed by atoms with van der Waals surface area (Å²) >= 11 is 0. The number of aryl methyl sites for hydroxylation is 2. The van der Waals surface area contributed by atoms with E-state index in [4.69, 9.17) is 0 Å². The zero-order chi connectivity index (χ0) is 26.1. The number of benzene rings is 1. The standard InChI is InChI=1S/C27H38N2O5S/c1-18-12-14-20(15-13-18)24-19(2)16-22(29(35(6,33)34)21-10-8-7-9-11-21)25(30)28(24)23(26(31)32)17-27(3,4)5/h12-16,21,23H,7-11,17H2,1-6H3,(H,31,32). The zero-order valence-corrected chi connectivity index (χ0v) is 22.5. The average Bonchev–Trinajstić information content (AvgIpc) is 2.74. The van der Waals surface area contributed by atoms with E-state index in [2.05, 4.69) is 0 Å². The number of carboxylic acids is 1. The third-order valence-corrected chi connectivity index (χ3v) is 7.84. The maximum atomic E-state index is 14.1. The van der Waals surface area contributed by atoms with E-state index < -0.39 is 27.6 Å². The van der Waals surface area contributed by atoms with Crippen molar-refractivity contribution >= 4 is 21.7 Å². The van der Waals surface area contributed by atoms with Crippen molar-refractivity contribution in [3.8, 4) is 11.3 Å². The molecule has 1 N–H and O–H groups in total. The summed E-state index contributed by atoms with van der Waals surface area (Å²) in [6, 6.07) is 7.75. The summed E-state index contributed by atoms with van der Waals surface area (Å²) in [5.41, 5.74) is 2.01. The van der Waals surface area contributed by atoms with Gasteiger partial charge in [0.1, 0.15) is 11.7 Å². The number of sulfonamides is 1. The second kappa shape index (κ2) is 10.2. The van der Waals surface area contributed by atoms with Crippen LogP contribution >= 0.6 is 0 Å². The number of anilines is 1. The van der Waals surface area contributed by atoms with E-state index in [0.717, 1.165) is 36.6 Å². The lowest BCUT2D eigenvalue weighted by atomic mass is 9.87. The Balaban J connectivity index is 2.37. The molecule has 35 heavy (non-hydrogen) atoms. The Morgan fingerprint density at radius 3 is 2.17 bits per heavy atom. The molecule has 0 bridgehead atoms. The first kappa shape index (κ1) is 27.0. The van der Waals surface area contributed by atoms with Crippen molar-refractivity contribution in [3.63, 3.8) is 0 Å². The van der Waals surface area contributed by atoms with Crippen molar-refractivity contribution in [1.29, 1.82) is 0 Å². The van der Waals surface area contributed by atoms with Crippen LogP contribution in [0.1, 0.15) is 76.5 Å². The van der Waals surface area contributed by atoms with E-state index in [-0.39, 0.29) is 23.6 Å². The highest BCUT2D eigenvalue weighted by Gasteiger charge is 2.35. The highest BCUT2D eigenvalue weighted by molar-refractivity contribution is 7.92. The number of carboxylic acid groups (broad SMARTS) is 1. The van der Waals surface area contributed by atoms with Crippen LogP contribution < -0.4 is 9.86 Å². The summed E-state index contributed by atoms with van der Waals surface area (Å²) in [6.07, 6.45) is 5.52. The second-order valence-electron chi connectivity index (χ2n) is 11.1. The smallest absolute Gasteiger partial charge is 0.326 e. The fourth-order valence-electron chi connectivity index (χ4n) is 5.11. The fourth-order valence-corrected chi connectivity index (χ4v) is 6.35. The van der Waals surface area contributed by atoms with Crippen molar-refractivity contribution in [2.75, 3.05) is 10.6 Å². The third kappa shape index (κ3) is 6.15. The Labute approximate surface area is 208 Å². The summed E-state index contributed by atoms with van der Waals surface area (Å²) in [6.45, 7) is 9.57. The fraction of sp³-hybridized carbons (Fsp3) is 0.556. The quantitative estimate of drug-likeness (QED) is 0.555. The maximum absolute atomic E-state index is 14.1. The Hall–Kier alpha value is -2.61. The molecule has 1 fully saturated rings. The molecule has 1 atom stereocenters. The van der Waals surface area contributed by atoms with Gasteiger partial charge in [0.25, 0.3) is 5.56 Å². The molecule has 192 valence electrons. The Morgan fingerprint density at radius 1 is 1.11 bits per heavy atom. The molecule has 0 saturated heterocycles. The van der Waals surface area contributed by atoms with Gasteiger partial charge in [0.05, 0.1) is 11.9 Å². The Morgan fingerprint density at radius 2 is 1.69 bits per heavy atom. The number of aromatic nitrogens is 1. The van der Waals surface area contributed by atoms with Gasteiger partial charge in [0.2, 0.25) is 10.0 Å². The van der Waals surface area contributed by atoms with Gasteiger partial charge in [-0.25, -0.2) is 13.2 Å². The summed E-state index contributed by atoms with van der Waals surface area (Å²) in [5.74, 6) is -1.12. The average molecular weight is 503 g/mol. The first-order chi connectivity index (χ1) is 16.2. The number of nitrogens with zero attached hydrogens (tertiary/aromatic N) is 2. The van der Waals surface area contributed by atoms with Crippen LogP contribution in [0.15, 0.2) is 35.1 Å². The lowest BCUT2D eigenvalue weighted by molar-refractivity contribution is -0.141. The zero-order valence-electron chi connectivity index (χ0n) is 21.7. The minimum absolute atomic E-state index is 0.0351. The second-order valence-corrected chi connectivity index (χ2v) is 12.9. The molecule has 1 aromatic carbocycles. The summed E-state index contributed by atoms with van der Waals surface area (Å²) in [5, 5.41) is 10.3. The van der Waals surface area contributed by atoms with Gasteiger partial charge < -0.3 is 5.11 Å². The number of pyridine rings is 1. The van der Waals surface area contributed by atoms with Crippen LogP contribution in [-0.2, 0) is 14.8 Å². The largest absolute Gasteiger partial charge is 0.480 e. The molecule has 1 unspecified atom stereocenters. The number of hydrogen-bond acceptors (Lipinski definition) is 4. The predicted molar refractivity (Wildman–Crippen MR) is 141 cm³/mol. The summed E-state index contributed by atoms with van der Waals surface area (Å²) in [7, 11) is -3.77. The van der Waals surface area contributed by atoms with Gasteiger partial charge in [-0.3, -0.25) is 13.7 Å². The molecule has 7 nitrogen and oxygen atoms in total. The van der Waals surface area contributed by atoms with Crippen molar-refractivity contribution in [3.05, 3.63) is 51.8 Å². The summed E-state index contributed by atoms with van der Waals surface area (Å²) in [4.78, 5) is 26.7. The highest BCUT2D eigenvalue weighted by atomic mass is 32.2. The van der Waals surface area contributed by atoms with E-state index in [0.29, 0.717) is 24.1 Å². The van der Waals surface area contributed by atoms with Crippen LogP contribution in [0.2, 0.25) is 0 Å². The lowest BCUT2D eigenvalue weighted by Gasteiger charge is -2.35. The SMILES string of the molecule is Cc1ccc(-c2c(C)cc(N(C3CCCCC3)S(C)(=O)=O)c(=O)n2C(CC(C)(C)C)C(=O)O)cc1. The highest BCUT2D eigenvalue weighted by Crippen LogP contribution is 2.35. The minimum Gasteiger partial charge on any atom is -0.480 e. The Bertz CT molecular complexity index is 1230. The van der Waals surface area contributed by atoms with Crippen LogP contribution in [0.25, 0.3) is 11.3 Å². The monoisotopic (exact) mass is 502 g/mol. The molecule has 1 aliphatic carbocycles. The molecule has 3 rings (SSSR count). The van der Waals surface area contributed by atoms with E-state index in [9.17, 15) is 23.1 Å². The molecule has 2 aromatic rings. The van der Waals surface area contributed by atoms with Gasteiger partial charge >= 0.3 is 5.97 Å². The number of rotatable bonds is 7. The van der Waals surface area contributed by atoms with Gasteiger partial charge in [-0.15, -0.1) is 0 Å². The van der Waals surface area contributed by atoms with E-state index >= 15 is 0 Å². The molecule has 0 spiro atoms. The van der Waals surface area contributed by atoms with E-state index in [1.165, 1.54) is 8.87 Å². The molecule has 8 heteroatoms. The molecule has 0 aliphatic heterocycles. The van der Waals surface area contributed by atoms with Crippen LogP contribution in [-0.4, -0.2) is 36.4 Å². The summed E-state index contributed by atoms with van der Waals surface area (Å²) < 4.78 is 28.6. The van der Waals surface area contributed by atoms with Crippen molar-refractivity contribution in [1.82, 2.24) is 4.57 Å². The maximum Gasteiger partial charge on any atom is 0.326 e. The van der Waals surface area contributed by atoms with Gasteiger partial charge in [0, 0.05) is 6.04 Å². The molecule has 1 aromatic heterocycles. The number of aliphatic carboxylic acids is 1. The topological polar surface area (TPSA) is 96.7 Å². The van der Waals surface area contributed by atoms with Crippen LogP contribution in [0, 0.1) is 19.3 Å². The molecule has 1 saturated carbocycles. The third-order valence-electron chi connectivity index (χ3n) is 6.63. The Kier molecular flexibility index (Phi) is 7.84. The molecular weight excluding hydrogens is 464 g/mol. The van der Waals surface area contributed by atoms with Gasteiger partial charge in [-0.2, -0.15) is 0 Å². The first-order valence-corrected chi connectivity index (χ1v) is 14.1. The molecule has 1 aliphatic rings. The van der Waals surface area contributed by atoms with Crippen LogP contribution in [0.3, 0.4) is 0 Å². The minimum atomic E-state index is -3.77.